The lowest BCUT2D eigenvalue weighted by atomic mass is 9.95. The second-order valence-electron chi connectivity index (χ2n) is 6.31. The van der Waals surface area contributed by atoms with E-state index in [1.807, 2.05) is 13.0 Å². The normalized spacial score (nSPS) is 14.5. The SMILES string of the molecule is CC=O.CCCC(=O)C(c1ccccc1F)N1CCc2sc(OC)cc2C1. The first-order valence-electron chi connectivity index (χ1n) is 9.12. The van der Waals surface area contributed by atoms with Gasteiger partial charge in [-0.3, -0.25) is 9.69 Å². The topological polar surface area (TPSA) is 46.6 Å². The Morgan fingerprint density at radius 3 is 2.74 bits per heavy atom. The summed E-state index contributed by atoms with van der Waals surface area (Å²) < 4.78 is 19.7. The van der Waals surface area contributed by atoms with Crippen LogP contribution in [0.25, 0.3) is 0 Å². The lowest BCUT2D eigenvalue weighted by Crippen LogP contribution is -2.38. The number of methoxy groups -OCH3 is 1. The minimum Gasteiger partial charge on any atom is -0.487 e. The molecule has 1 aliphatic rings. The van der Waals surface area contributed by atoms with E-state index >= 15 is 0 Å². The third-order valence-electron chi connectivity index (χ3n) is 4.44. The molecule has 3 rings (SSSR count). The van der Waals surface area contributed by atoms with Gasteiger partial charge in [0.1, 0.15) is 12.1 Å². The summed E-state index contributed by atoms with van der Waals surface area (Å²) in [5.41, 5.74) is 1.68. The van der Waals surface area contributed by atoms with E-state index in [2.05, 4.69) is 4.90 Å². The number of nitrogens with zero attached hydrogens (tertiary/aromatic N) is 1. The van der Waals surface area contributed by atoms with Crippen molar-refractivity contribution in [1.82, 2.24) is 4.90 Å². The molecule has 0 radical (unpaired) electrons. The number of ketones is 1. The second-order valence-corrected chi connectivity index (χ2v) is 7.41. The zero-order valence-corrected chi connectivity index (χ0v) is 16.9. The molecule has 2 heterocycles. The van der Waals surface area contributed by atoms with Gasteiger partial charge in [-0.05, 0) is 37.5 Å². The van der Waals surface area contributed by atoms with E-state index in [1.54, 1.807) is 36.6 Å². The zero-order chi connectivity index (χ0) is 19.8. The van der Waals surface area contributed by atoms with Crippen molar-refractivity contribution in [3.05, 3.63) is 52.2 Å². The molecule has 0 saturated carbocycles. The van der Waals surface area contributed by atoms with Gasteiger partial charge in [0.15, 0.2) is 10.8 Å². The molecule has 0 spiro atoms. The van der Waals surface area contributed by atoms with Gasteiger partial charge in [-0.25, -0.2) is 4.39 Å². The van der Waals surface area contributed by atoms with E-state index in [1.165, 1.54) is 23.4 Å². The van der Waals surface area contributed by atoms with Crippen LogP contribution in [0.5, 0.6) is 5.06 Å². The molecular weight excluding hydrogens is 365 g/mol. The third-order valence-corrected chi connectivity index (χ3v) is 5.64. The molecule has 1 unspecified atom stereocenters. The van der Waals surface area contributed by atoms with Gasteiger partial charge < -0.3 is 9.53 Å². The maximum Gasteiger partial charge on any atom is 0.173 e. The molecule has 1 aliphatic heterocycles. The number of carbonyl (C=O) groups excluding carboxylic acids is 2. The summed E-state index contributed by atoms with van der Waals surface area (Å²) in [5, 5.41) is 0.893. The first-order valence-corrected chi connectivity index (χ1v) is 9.93. The molecule has 1 aromatic carbocycles. The number of rotatable bonds is 6. The number of thiophene rings is 1. The van der Waals surface area contributed by atoms with Gasteiger partial charge in [-0.1, -0.05) is 25.1 Å². The molecule has 0 amide bonds. The number of ether oxygens (including phenoxy) is 1. The molecule has 2 aromatic rings. The molecule has 27 heavy (non-hydrogen) atoms. The third kappa shape index (κ3) is 5.23. The summed E-state index contributed by atoms with van der Waals surface area (Å²) >= 11 is 1.66. The molecule has 146 valence electrons. The molecule has 0 bridgehead atoms. The summed E-state index contributed by atoms with van der Waals surface area (Å²) in [6, 6.07) is 8.16. The van der Waals surface area contributed by atoms with Crippen molar-refractivity contribution in [2.75, 3.05) is 13.7 Å². The number of carbonyl (C=O) groups is 2. The van der Waals surface area contributed by atoms with Crippen LogP contribution in [0.4, 0.5) is 4.39 Å². The fourth-order valence-electron chi connectivity index (χ4n) is 3.30. The Bertz CT molecular complexity index is 775. The van der Waals surface area contributed by atoms with Gasteiger partial charge in [0, 0.05) is 30.0 Å². The van der Waals surface area contributed by atoms with Crippen LogP contribution in [0.2, 0.25) is 0 Å². The van der Waals surface area contributed by atoms with Gasteiger partial charge >= 0.3 is 0 Å². The van der Waals surface area contributed by atoms with E-state index in [0.29, 0.717) is 18.5 Å². The number of Topliss-reactive ketones (excluding diaryl/α,β-unsaturated/α-hetero) is 1. The van der Waals surface area contributed by atoms with Crippen molar-refractivity contribution < 1.29 is 18.7 Å². The van der Waals surface area contributed by atoms with Crippen molar-refractivity contribution >= 4 is 23.4 Å². The standard InChI is InChI=1S/C19H22FNO2S.C2H4O/c1-3-6-16(22)19(14-7-4-5-8-15(14)20)21-10-9-17-13(12-21)11-18(23-2)24-17;1-2-3/h4-5,7-8,11,19H,3,6,9-10,12H2,1-2H3;2H,1H3. The largest absolute Gasteiger partial charge is 0.487 e. The first kappa shape index (κ1) is 21.3. The molecule has 6 heteroatoms. The Labute approximate surface area is 164 Å². The lowest BCUT2D eigenvalue weighted by molar-refractivity contribution is -0.125. The second kappa shape index (κ2) is 10.3. The Kier molecular flexibility index (Phi) is 8.13. The Morgan fingerprint density at radius 1 is 1.41 bits per heavy atom. The van der Waals surface area contributed by atoms with Crippen LogP contribution in [-0.4, -0.2) is 30.6 Å². The highest BCUT2D eigenvalue weighted by molar-refractivity contribution is 7.14. The number of aldehydes is 1. The average molecular weight is 392 g/mol. The Balaban J connectivity index is 0.000000817. The van der Waals surface area contributed by atoms with E-state index in [9.17, 15) is 9.18 Å². The molecule has 1 aromatic heterocycles. The van der Waals surface area contributed by atoms with Gasteiger partial charge in [-0.15, -0.1) is 11.3 Å². The predicted octanol–water partition coefficient (Wildman–Crippen LogP) is 4.57. The Hall–Kier alpha value is -2.05. The van der Waals surface area contributed by atoms with E-state index in [0.717, 1.165) is 30.7 Å². The van der Waals surface area contributed by atoms with Crippen LogP contribution in [0.1, 0.15) is 48.7 Å². The zero-order valence-electron chi connectivity index (χ0n) is 16.0. The van der Waals surface area contributed by atoms with Gasteiger partial charge in [0.25, 0.3) is 0 Å². The van der Waals surface area contributed by atoms with E-state index in [-0.39, 0.29) is 11.6 Å². The Morgan fingerprint density at radius 2 is 2.11 bits per heavy atom. The molecular formula is C21H26FNO3S. The highest BCUT2D eigenvalue weighted by atomic mass is 32.1. The molecule has 1 atom stereocenters. The molecule has 0 aliphatic carbocycles. The molecule has 0 saturated heterocycles. The summed E-state index contributed by atoms with van der Waals surface area (Å²) in [5.74, 6) is -0.214. The van der Waals surface area contributed by atoms with E-state index < -0.39 is 6.04 Å². The fraction of sp³-hybridized carbons (Fsp3) is 0.429. The van der Waals surface area contributed by atoms with Crippen molar-refractivity contribution in [3.8, 4) is 5.06 Å². The highest BCUT2D eigenvalue weighted by Gasteiger charge is 2.32. The van der Waals surface area contributed by atoms with Gasteiger partial charge in [0.2, 0.25) is 0 Å². The van der Waals surface area contributed by atoms with Gasteiger partial charge in [0.05, 0.1) is 13.2 Å². The van der Waals surface area contributed by atoms with Crippen LogP contribution < -0.4 is 4.74 Å². The quantitative estimate of drug-likeness (QED) is 0.677. The maximum absolute atomic E-state index is 14.4. The van der Waals surface area contributed by atoms with Crippen LogP contribution >= 0.6 is 11.3 Å². The van der Waals surface area contributed by atoms with Crippen molar-refractivity contribution in [2.45, 2.75) is 45.7 Å². The monoisotopic (exact) mass is 391 g/mol. The number of hydrogen-bond acceptors (Lipinski definition) is 5. The maximum atomic E-state index is 14.4. The van der Waals surface area contributed by atoms with Gasteiger partial charge in [-0.2, -0.15) is 0 Å². The molecule has 4 nitrogen and oxygen atoms in total. The lowest BCUT2D eigenvalue weighted by Gasteiger charge is -2.34. The number of fused-ring (bicyclic) bond motifs is 1. The summed E-state index contributed by atoms with van der Waals surface area (Å²) in [7, 11) is 1.67. The molecule has 0 fully saturated rings. The fourth-order valence-corrected chi connectivity index (χ4v) is 4.28. The minimum absolute atomic E-state index is 0.0910. The average Bonchev–Trinajstić information content (AvgIpc) is 3.07. The highest BCUT2D eigenvalue weighted by Crippen LogP contribution is 2.36. The summed E-state index contributed by atoms with van der Waals surface area (Å²) in [6.45, 7) is 4.84. The summed E-state index contributed by atoms with van der Waals surface area (Å²) in [6.07, 6.45) is 2.86. The first-order chi connectivity index (χ1) is 13.0. The van der Waals surface area contributed by atoms with Crippen LogP contribution in [0, 0.1) is 5.82 Å². The van der Waals surface area contributed by atoms with Crippen molar-refractivity contribution in [2.24, 2.45) is 0 Å². The van der Waals surface area contributed by atoms with Crippen LogP contribution in [-0.2, 0) is 22.6 Å². The predicted molar refractivity (Wildman–Crippen MR) is 106 cm³/mol. The van der Waals surface area contributed by atoms with Crippen molar-refractivity contribution in [1.29, 1.82) is 0 Å². The minimum atomic E-state index is -0.509. The number of benzene rings is 1. The smallest absolute Gasteiger partial charge is 0.173 e. The number of halogens is 1. The molecule has 0 N–H and O–H groups in total. The van der Waals surface area contributed by atoms with Crippen LogP contribution in [0.3, 0.4) is 0 Å². The van der Waals surface area contributed by atoms with Crippen LogP contribution in [0.15, 0.2) is 30.3 Å². The van der Waals surface area contributed by atoms with E-state index in [4.69, 9.17) is 9.53 Å². The summed E-state index contributed by atoms with van der Waals surface area (Å²) in [4.78, 5) is 24.9. The number of hydrogen-bond donors (Lipinski definition) is 0. The van der Waals surface area contributed by atoms with Crippen molar-refractivity contribution in [3.63, 3.8) is 0 Å².